The van der Waals surface area contributed by atoms with Crippen LogP contribution in [0.5, 0.6) is 5.75 Å². The number of fused-ring (bicyclic) bond motifs is 1. The molecule has 5 rings (SSSR count). The number of methoxy groups -OCH3 is 1. The van der Waals surface area contributed by atoms with Crippen LogP contribution in [0.15, 0.2) is 24.4 Å². The minimum absolute atomic E-state index is 0.0191. The molecular formula is C27H37N7O3. The highest BCUT2D eigenvalue weighted by molar-refractivity contribution is 5.96. The Morgan fingerprint density at radius 3 is 2.65 bits per heavy atom. The monoisotopic (exact) mass is 507 g/mol. The first-order valence-corrected chi connectivity index (χ1v) is 13.3. The van der Waals surface area contributed by atoms with Crippen molar-refractivity contribution in [3.63, 3.8) is 0 Å². The van der Waals surface area contributed by atoms with E-state index in [0.29, 0.717) is 41.1 Å². The number of aromatic nitrogens is 2. The molecule has 3 aliphatic rings. The van der Waals surface area contributed by atoms with Crippen molar-refractivity contribution in [2.24, 2.45) is 0 Å². The molecule has 10 nitrogen and oxygen atoms in total. The van der Waals surface area contributed by atoms with E-state index < -0.39 is 0 Å². The van der Waals surface area contributed by atoms with E-state index in [9.17, 15) is 9.59 Å². The summed E-state index contributed by atoms with van der Waals surface area (Å²) in [6.07, 6.45) is 8.56. The van der Waals surface area contributed by atoms with Crippen molar-refractivity contribution in [1.29, 1.82) is 0 Å². The third-order valence-electron chi connectivity index (χ3n) is 7.73. The highest BCUT2D eigenvalue weighted by atomic mass is 16.5. The molecule has 0 bridgehead atoms. The maximum absolute atomic E-state index is 12.9. The fraction of sp³-hybridized carbons (Fsp3) is 0.556. The molecule has 0 spiro atoms. The number of carbonyl (C=O) groups excluding carboxylic acids is 2. The van der Waals surface area contributed by atoms with Gasteiger partial charge in [0.05, 0.1) is 19.0 Å². The molecular weight excluding hydrogens is 470 g/mol. The third kappa shape index (κ3) is 5.64. The Bertz CT molecular complexity index is 1140. The third-order valence-corrected chi connectivity index (χ3v) is 7.73. The maximum Gasteiger partial charge on any atom is 0.251 e. The molecule has 2 amide bonds. The summed E-state index contributed by atoms with van der Waals surface area (Å²) in [7, 11) is 3.68. The van der Waals surface area contributed by atoms with Gasteiger partial charge in [-0.05, 0) is 70.9 Å². The van der Waals surface area contributed by atoms with Gasteiger partial charge in [-0.1, -0.05) is 12.8 Å². The molecule has 1 aromatic heterocycles. The predicted octanol–water partition coefficient (Wildman–Crippen LogP) is 3.53. The topological polar surface area (TPSA) is 112 Å². The highest BCUT2D eigenvalue weighted by Gasteiger charge is 2.33. The van der Waals surface area contributed by atoms with E-state index in [0.717, 1.165) is 44.6 Å². The summed E-state index contributed by atoms with van der Waals surface area (Å²) in [6.45, 7) is 4.05. The number of amides is 2. The summed E-state index contributed by atoms with van der Waals surface area (Å²) in [6, 6.07) is 5.93. The minimum atomic E-state index is -0.0994. The van der Waals surface area contributed by atoms with Gasteiger partial charge in [-0.3, -0.25) is 9.59 Å². The lowest BCUT2D eigenvalue weighted by Crippen LogP contribution is -2.43. The van der Waals surface area contributed by atoms with Gasteiger partial charge in [0.2, 0.25) is 11.9 Å². The van der Waals surface area contributed by atoms with E-state index in [-0.39, 0.29) is 23.9 Å². The SMILES string of the molecule is COc1cc(C(=O)NC2CCN(C)CC2)ccc1Nc1ncc2c(n1)N(C1CCCC1)C(C)CC(=O)N2. The normalized spacial score (nSPS) is 21.2. The first-order chi connectivity index (χ1) is 17.9. The molecule has 2 aliphatic heterocycles. The minimum Gasteiger partial charge on any atom is -0.495 e. The van der Waals surface area contributed by atoms with Crippen molar-refractivity contribution >= 4 is 35.0 Å². The summed E-state index contributed by atoms with van der Waals surface area (Å²) < 4.78 is 5.61. The van der Waals surface area contributed by atoms with E-state index in [2.05, 4.69) is 44.7 Å². The summed E-state index contributed by atoms with van der Waals surface area (Å²) in [4.78, 5) is 39.2. The van der Waals surface area contributed by atoms with Gasteiger partial charge < -0.3 is 30.5 Å². The zero-order chi connectivity index (χ0) is 25.9. The van der Waals surface area contributed by atoms with Crippen molar-refractivity contribution < 1.29 is 14.3 Å². The van der Waals surface area contributed by atoms with E-state index in [1.807, 2.05) is 6.07 Å². The molecule has 1 saturated carbocycles. The Balaban J connectivity index is 1.36. The van der Waals surface area contributed by atoms with Crippen molar-refractivity contribution in [2.45, 2.75) is 70.0 Å². The zero-order valence-corrected chi connectivity index (χ0v) is 21.9. The van der Waals surface area contributed by atoms with Crippen LogP contribution < -0.4 is 25.6 Å². The van der Waals surface area contributed by atoms with E-state index in [4.69, 9.17) is 9.72 Å². The van der Waals surface area contributed by atoms with Gasteiger partial charge in [0.25, 0.3) is 5.91 Å². The van der Waals surface area contributed by atoms with Crippen LogP contribution in [0, 0.1) is 0 Å². The molecule has 1 aromatic carbocycles. The largest absolute Gasteiger partial charge is 0.495 e. The molecule has 10 heteroatoms. The van der Waals surface area contributed by atoms with Crippen LogP contribution >= 0.6 is 0 Å². The number of hydrogen-bond donors (Lipinski definition) is 3. The van der Waals surface area contributed by atoms with Crippen molar-refractivity contribution in [1.82, 2.24) is 20.2 Å². The van der Waals surface area contributed by atoms with Crippen molar-refractivity contribution in [3.8, 4) is 5.75 Å². The van der Waals surface area contributed by atoms with E-state index in [1.165, 1.54) is 12.8 Å². The number of hydrogen-bond acceptors (Lipinski definition) is 8. The van der Waals surface area contributed by atoms with Gasteiger partial charge in [0, 0.05) is 30.1 Å². The van der Waals surface area contributed by atoms with Gasteiger partial charge in [0.15, 0.2) is 5.82 Å². The summed E-state index contributed by atoms with van der Waals surface area (Å²) in [5, 5.41) is 9.38. The molecule has 0 radical (unpaired) electrons. The van der Waals surface area contributed by atoms with Gasteiger partial charge in [0.1, 0.15) is 11.4 Å². The van der Waals surface area contributed by atoms with Crippen LogP contribution in [0.25, 0.3) is 0 Å². The van der Waals surface area contributed by atoms with Gasteiger partial charge >= 0.3 is 0 Å². The number of rotatable bonds is 6. The molecule has 198 valence electrons. The number of benzene rings is 1. The molecule has 1 atom stereocenters. The second kappa shape index (κ2) is 10.9. The number of nitrogens with one attached hydrogen (secondary N) is 3. The van der Waals surface area contributed by atoms with Crippen molar-refractivity contribution in [2.75, 3.05) is 42.8 Å². The Kier molecular flexibility index (Phi) is 7.45. The van der Waals surface area contributed by atoms with Crippen LogP contribution in [-0.2, 0) is 4.79 Å². The average molecular weight is 508 g/mol. The average Bonchev–Trinajstić information content (AvgIpc) is 3.37. The van der Waals surface area contributed by atoms with E-state index >= 15 is 0 Å². The fourth-order valence-electron chi connectivity index (χ4n) is 5.69. The van der Waals surface area contributed by atoms with E-state index in [1.54, 1.807) is 25.4 Å². The molecule has 2 aromatic rings. The Labute approximate surface area is 218 Å². The maximum atomic E-state index is 12.9. The first-order valence-electron chi connectivity index (χ1n) is 13.3. The number of piperidine rings is 1. The molecule has 37 heavy (non-hydrogen) atoms. The summed E-state index contributed by atoms with van der Waals surface area (Å²) in [5.74, 6) is 1.57. The quantitative estimate of drug-likeness (QED) is 0.545. The Morgan fingerprint density at radius 1 is 1.16 bits per heavy atom. The molecule has 1 saturated heterocycles. The lowest BCUT2D eigenvalue weighted by molar-refractivity contribution is -0.116. The Morgan fingerprint density at radius 2 is 1.92 bits per heavy atom. The van der Waals surface area contributed by atoms with Crippen LogP contribution in [0.3, 0.4) is 0 Å². The van der Waals surface area contributed by atoms with Crippen molar-refractivity contribution in [3.05, 3.63) is 30.0 Å². The fourth-order valence-corrected chi connectivity index (χ4v) is 5.69. The lowest BCUT2D eigenvalue weighted by atomic mass is 10.0. The number of nitrogens with zero attached hydrogens (tertiary/aromatic N) is 4. The molecule has 2 fully saturated rings. The van der Waals surface area contributed by atoms with Gasteiger partial charge in [-0.15, -0.1) is 0 Å². The second-order valence-corrected chi connectivity index (χ2v) is 10.5. The Hall–Kier alpha value is -3.40. The summed E-state index contributed by atoms with van der Waals surface area (Å²) >= 11 is 0. The predicted molar refractivity (Wildman–Crippen MR) is 144 cm³/mol. The molecule has 1 unspecified atom stereocenters. The number of carbonyl (C=O) groups is 2. The lowest BCUT2D eigenvalue weighted by Gasteiger charge is -2.34. The summed E-state index contributed by atoms with van der Waals surface area (Å²) in [5.41, 5.74) is 1.85. The number of ether oxygens (including phenoxy) is 1. The van der Waals surface area contributed by atoms with Crippen LogP contribution in [0.2, 0.25) is 0 Å². The van der Waals surface area contributed by atoms with Crippen LogP contribution in [0.1, 0.15) is 62.2 Å². The zero-order valence-electron chi connectivity index (χ0n) is 21.9. The second-order valence-electron chi connectivity index (χ2n) is 10.5. The standard InChI is InChI=1S/C27H37N7O3/c1-17-14-24(35)30-22-16-28-27(32-25(22)34(17)20-6-4-5-7-20)31-21-9-8-18(15-23(21)37-3)26(36)29-19-10-12-33(2)13-11-19/h8-9,15-17,19-20H,4-7,10-14H2,1-3H3,(H,29,36)(H,30,35)(H,28,31,32). The number of likely N-dealkylation sites (tertiary alicyclic amines) is 1. The van der Waals surface area contributed by atoms with Crippen LogP contribution in [-0.4, -0.2) is 72.1 Å². The van der Waals surface area contributed by atoms with Gasteiger partial charge in [-0.25, -0.2) is 4.98 Å². The van der Waals surface area contributed by atoms with Gasteiger partial charge in [-0.2, -0.15) is 4.98 Å². The molecule has 3 heterocycles. The highest BCUT2D eigenvalue weighted by Crippen LogP contribution is 2.37. The van der Waals surface area contributed by atoms with Crippen LogP contribution in [0.4, 0.5) is 23.1 Å². The molecule has 1 aliphatic carbocycles. The smallest absolute Gasteiger partial charge is 0.251 e. The number of anilines is 4. The molecule has 3 N–H and O–H groups in total. The first kappa shape index (κ1) is 25.3.